The molecule has 1 atom stereocenters. The van der Waals surface area contributed by atoms with Gasteiger partial charge in [-0.15, -0.1) is 0 Å². The third-order valence-corrected chi connectivity index (χ3v) is 7.12. The zero-order chi connectivity index (χ0) is 20.6. The Kier molecular flexibility index (Phi) is 5.16. The molecule has 3 heterocycles. The maximum atomic E-state index is 12.7. The molecule has 9 heteroatoms. The number of anilines is 1. The number of nitrogens with zero attached hydrogens (tertiary/aromatic N) is 3. The molecule has 154 valence electrons. The van der Waals surface area contributed by atoms with Gasteiger partial charge in [0.25, 0.3) is 5.91 Å². The summed E-state index contributed by atoms with van der Waals surface area (Å²) in [6, 6.07) is 7.27. The Balaban J connectivity index is 1.51. The Morgan fingerprint density at radius 2 is 2.10 bits per heavy atom. The Morgan fingerprint density at radius 3 is 2.83 bits per heavy atom. The van der Waals surface area contributed by atoms with E-state index in [9.17, 15) is 18.0 Å². The van der Waals surface area contributed by atoms with Gasteiger partial charge in [-0.05, 0) is 37.1 Å². The zero-order valence-electron chi connectivity index (χ0n) is 16.3. The van der Waals surface area contributed by atoms with E-state index in [4.69, 9.17) is 0 Å². The van der Waals surface area contributed by atoms with Crippen LogP contribution in [0.4, 0.5) is 5.69 Å². The summed E-state index contributed by atoms with van der Waals surface area (Å²) in [5.74, 6) is -0.642. The standard InChI is InChI=1S/C20H24N4O4S/c1-2-9-23-10-7-14-12-15(3-5-18(14)23)21-20(26)17-4-6-19(25)24(22-17)16-8-11-29(27,28)13-16/h3,5,7,10,12,16H,2,4,6,8-9,11,13H2,1H3,(H,21,26). The SMILES string of the molecule is CCCn1ccc2cc(NC(=O)C3=NN(C4CCS(=O)(=O)C4)C(=O)CC3)ccc21. The van der Waals surface area contributed by atoms with Crippen molar-refractivity contribution in [1.29, 1.82) is 0 Å². The molecule has 1 unspecified atom stereocenters. The Labute approximate surface area is 169 Å². The number of aromatic nitrogens is 1. The minimum absolute atomic E-state index is 0.0518. The molecule has 0 spiro atoms. The molecule has 8 nitrogen and oxygen atoms in total. The highest BCUT2D eigenvalue weighted by atomic mass is 32.2. The van der Waals surface area contributed by atoms with E-state index >= 15 is 0 Å². The number of carbonyl (C=O) groups is 2. The van der Waals surface area contributed by atoms with Crippen molar-refractivity contribution in [1.82, 2.24) is 9.58 Å². The quantitative estimate of drug-likeness (QED) is 0.807. The third-order valence-electron chi connectivity index (χ3n) is 5.37. The molecule has 2 aliphatic rings. The van der Waals surface area contributed by atoms with Gasteiger partial charge in [-0.25, -0.2) is 13.4 Å². The number of hydrogen-bond acceptors (Lipinski definition) is 5. The van der Waals surface area contributed by atoms with Crippen molar-refractivity contribution >= 4 is 44.0 Å². The van der Waals surface area contributed by atoms with E-state index < -0.39 is 15.9 Å². The molecule has 0 radical (unpaired) electrons. The summed E-state index contributed by atoms with van der Waals surface area (Å²) < 4.78 is 25.6. The molecule has 1 aromatic heterocycles. The van der Waals surface area contributed by atoms with Gasteiger partial charge in [-0.1, -0.05) is 6.92 Å². The van der Waals surface area contributed by atoms with Crippen molar-refractivity contribution in [2.45, 2.75) is 45.2 Å². The summed E-state index contributed by atoms with van der Waals surface area (Å²) >= 11 is 0. The molecule has 0 bridgehead atoms. The Hall–Kier alpha value is -2.68. The lowest BCUT2D eigenvalue weighted by molar-refractivity contribution is -0.133. The number of sulfone groups is 1. The first-order valence-corrected chi connectivity index (χ1v) is 11.7. The van der Waals surface area contributed by atoms with Crippen molar-refractivity contribution in [3.05, 3.63) is 30.5 Å². The number of rotatable bonds is 5. The van der Waals surface area contributed by atoms with Crippen molar-refractivity contribution in [3.8, 4) is 0 Å². The number of amides is 2. The van der Waals surface area contributed by atoms with Gasteiger partial charge < -0.3 is 9.88 Å². The smallest absolute Gasteiger partial charge is 0.271 e. The molecule has 2 aromatic rings. The second-order valence-corrected chi connectivity index (χ2v) is 9.81. The minimum Gasteiger partial charge on any atom is -0.347 e. The fraction of sp³-hybridized carbons (Fsp3) is 0.450. The molecule has 0 saturated carbocycles. The van der Waals surface area contributed by atoms with E-state index in [2.05, 4.69) is 21.9 Å². The fourth-order valence-electron chi connectivity index (χ4n) is 3.91. The zero-order valence-corrected chi connectivity index (χ0v) is 17.1. The summed E-state index contributed by atoms with van der Waals surface area (Å²) in [4.78, 5) is 24.9. The van der Waals surface area contributed by atoms with Gasteiger partial charge in [0.2, 0.25) is 5.91 Å². The van der Waals surface area contributed by atoms with Crippen LogP contribution in [0.1, 0.15) is 32.6 Å². The topological polar surface area (TPSA) is 101 Å². The highest BCUT2D eigenvalue weighted by Crippen LogP contribution is 2.24. The van der Waals surface area contributed by atoms with Crippen LogP contribution in [0.5, 0.6) is 0 Å². The van der Waals surface area contributed by atoms with E-state index in [1.165, 1.54) is 5.01 Å². The lowest BCUT2D eigenvalue weighted by Gasteiger charge is -2.27. The van der Waals surface area contributed by atoms with Crippen molar-refractivity contribution in [2.24, 2.45) is 5.10 Å². The van der Waals surface area contributed by atoms with Crippen LogP contribution in [-0.2, 0) is 26.0 Å². The van der Waals surface area contributed by atoms with E-state index in [1.807, 2.05) is 30.5 Å². The minimum atomic E-state index is -3.14. The van der Waals surface area contributed by atoms with Crippen molar-refractivity contribution < 1.29 is 18.0 Å². The number of aryl methyl sites for hydroxylation is 1. The first-order chi connectivity index (χ1) is 13.9. The second kappa shape index (κ2) is 7.62. The number of nitrogens with one attached hydrogen (secondary N) is 1. The van der Waals surface area contributed by atoms with Gasteiger partial charge in [-0.2, -0.15) is 5.10 Å². The molecule has 0 aliphatic carbocycles. The van der Waals surface area contributed by atoms with Gasteiger partial charge in [0.1, 0.15) is 5.71 Å². The van der Waals surface area contributed by atoms with Crippen LogP contribution in [0.2, 0.25) is 0 Å². The average Bonchev–Trinajstić information content (AvgIpc) is 3.25. The summed E-state index contributed by atoms with van der Waals surface area (Å²) in [5, 5.41) is 9.31. The summed E-state index contributed by atoms with van der Waals surface area (Å²) in [7, 11) is -3.14. The van der Waals surface area contributed by atoms with Gasteiger partial charge >= 0.3 is 0 Å². The predicted octanol–water partition coefficient (Wildman–Crippen LogP) is 2.16. The van der Waals surface area contributed by atoms with Crippen LogP contribution in [-0.4, -0.2) is 53.1 Å². The van der Waals surface area contributed by atoms with Gasteiger partial charge in [-0.3, -0.25) is 9.59 Å². The Bertz CT molecular complexity index is 1100. The molecule has 4 rings (SSSR count). The molecule has 1 saturated heterocycles. The van der Waals surface area contributed by atoms with Crippen LogP contribution in [0.15, 0.2) is 35.6 Å². The monoisotopic (exact) mass is 416 g/mol. The summed E-state index contributed by atoms with van der Waals surface area (Å²) in [6.07, 6.45) is 3.83. The highest BCUT2D eigenvalue weighted by molar-refractivity contribution is 7.91. The van der Waals surface area contributed by atoms with Crippen molar-refractivity contribution in [2.75, 3.05) is 16.8 Å². The van der Waals surface area contributed by atoms with E-state index in [-0.39, 0.29) is 41.9 Å². The maximum absolute atomic E-state index is 12.7. The average molecular weight is 417 g/mol. The number of carbonyl (C=O) groups excluding carboxylic acids is 2. The lowest BCUT2D eigenvalue weighted by Crippen LogP contribution is -2.42. The molecular weight excluding hydrogens is 392 g/mol. The van der Waals surface area contributed by atoms with Crippen LogP contribution >= 0.6 is 0 Å². The Morgan fingerprint density at radius 1 is 1.28 bits per heavy atom. The van der Waals surface area contributed by atoms with Gasteiger partial charge in [0.05, 0.1) is 17.5 Å². The molecule has 2 aliphatic heterocycles. The van der Waals surface area contributed by atoms with Crippen LogP contribution in [0.25, 0.3) is 10.9 Å². The van der Waals surface area contributed by atoms with Crippen LogP contribution < -0.4 is 5.32 Å². The number of hydrogen-bond donors (Lipinski definition) is 1. The van der Waals surface area contributed by atoms with Crippen LogP contribution in [0.3, 0.4) is 0 Å². The summed E-state index contributed by atoms with van der Waals surface area (Å²) in [6.45, 7) is 3.06. The van der Waals surface area contributed by atoms with Gasteiger partial charge in [0.15, 0.2) is 9.84 Å². The molecular formula is C20H24N4O4S. The molecule has 1 N–H and O–H groups in total. The first-order valence-electron chi connectivity index (χ1n) is 9.86. The van der Waals surface area contributed by atoms with E-state index in [0.29, 0.717) is 12.1 Å². The van der Waals surface area contributed by atoms with Gasteiger partial charge in [0, 0.05) is 42.2 Å². The number of fused-ring (bicyclic) bond motifs is 1. The van der Waals surface area contributed by atoms with E-state index in [1.54, 1.807) is 0 Å². The second-order valence-electron chi connectivity index (χ2n) is 7.58. The normalized spacial score (nSPS) is 21.4. The van der Waals surface area contributed by atoms with E-state index in [0.717, 1.165) is 23.9 Å². The molecule has 29 heavy (non-hydrogen) atoms. The lowest BCUT2D eigenvalue weighted by atomic mass is 10.1. The number of benzene rings is 1. The van der Waals surface area contributed by atoms with Crippen molar-refractivity contribution in [3.63, 3.8) is 0 Å². The molecule has 1 fully saturated rings. The highest BCUT2D eigenvalue weighted by Gasteiger charge is 2.37. The first kappa shape index (κ1) is 19.6. The summed E-state index contributed by atoms with van der Waals surface area (Å²) in [5.41, 5.74) is 2.02. The third kappa shape index (κ3) is 4.05. The van der Waals surface area contributed by atoms with Crippen LogP contribution in [0, 0.1) is 0 Å². The molecule has 2 amide bonds. The largest absolute Gasteiger partial charge is 0.347 e. The predicted molar refractivity (Wildman–Crippen MR) is 111 cm³/mol. The number of hydrazone groups is 1. The fourth-order valence-corrected chi connectivity index (χ4v) is 5.60. The maximum Gasteiger partial charge on any atom is 0.271 e. The molecule has 1 aromatic carbocycles.